The van der Waals surface area contributed by atoms with E-state index in [1.807, 2.05) is 42.6 Å². The number of hydrogen-bond acceptors (Lipinski definition) is 4. The zero-order valence-corrected chi connectivity index (χ0v) is 15.9. The maximum absolute atomic E-state index is 14.1. The molecule has 0 unspecified atom stereocenters. The van der Waals surface area contributed by atoms with E-state index in [0.717, 1.165) is 16.2 Å². The smallest absolute Gasteiger partial charge is 0.278 e. The Morgan fingerprint density at radius 1 is 1.00 bits per heavy atom. The van der Waals surface area contributed by atoms with Gasteiger partial charge in [0.05, 0.1) is 12.1 Å². The molecule has 0 saturated heterocycles. The first-order chi connectivity index (χ1) is 13.5. The Morgan fingerprint density at radius 3 is 2.54 bits per heavy atom. The summed E-state index contributed by atoms with van der Waals surface area (Å²) in [4.78, 5) is 28.0. The predicted molar refractivity (Wildman–Crippen MR) is 108 cm³/mol. The average Bonchev–Trinajstić information content (AvgIpc) is 3.27. The van der Waals surface area contributed by atoms with Crippen molar-refractivity contribution in [1.82, 2.24) is 4.90 Å². The van der Waals surface area contributed by atoms with E-state index in [2.05, 4.69) is 5.32 Å². The highest BCUT2D eigenvalue weighted by molar-refractivity contribution is 7.11. The van der Waals surface area contributed by atoms with Gasteiger partial charge in [-0.2, -0.15) is 0 Å². The van der Waals surface area contributed by atoms with Crippen molar-refractivity contribution in [3.8, 4) is 0 Å². The maximum atomic E-state index is 14.1. The van der Waals surface area contributed by atoms with Crippen LogP contribution in [0.4, 0.5) is 10.1 Å². The van der Waals surface area contributed by atoms with E-state index in [0.29, 0.717) is 16.0 Å². The molecule has 6 heteroatoms. The van der Waals surface area contributed by atoms with Gasteiger partial charge in [0.2, 0.25) is 0 Å². The standard InChI is InChI=1S/C22H17FN2O2S/c1-14-6-4-8-16(12-14)24-20-19(18-10-5-11-28-18)21(26)25(22(20)27)13-15-7-2-3-9-17(15)23/h2-12,24H,13H2,1H3. The minimum atomic E-state index is -0.460. The molecule has 0 aliphatic carbocycles. The Kier molecular flexibility index (Phi) is 4.79. The zero-order valence-electron chi connectivity index (χ0n) is 15.1. The van der Waals surface area contributed by atoms with Gasteiger partial charge in [-0.3, -0.25) is 14.5 Å². The van der Waals surface area contributed by atoms with E-state index in [-0.39, 0.29) is 12.2 Å². The van der Waals surface area contributed by atoms with Crippen molar-refractivity contribution in [2.24, 2.45) is 0 Å². The molecular weight excluding hydrogens is 375 g/mol. The number of halogens is 1. The summed E-state index contributed by atoms with van der Waals surface area (Å²) in [6.07, 6.45) is 0. The summed E-state index contributed by atoms with van der Waals surface area (Å²) in [7, 11) is 0. The van der Waals surface area contributed by atoms with Crippen LogP contribution in [-0.4, -0.2) is 16.7 Å². The molecule has 140 valence electrons. The van der Waals surface area contributed by atoms with Gasteiger partial charge in [0.1, 0.15) is 11.5 Å². The molecule has 1 aromatic heterocycles. The number of benzene rings is 2. The van der Waals surface area contributed by atoms with Gasteiger partial charge < -0.3 is 5.32 Å². The van der Waals surface area contributed by atoms with E-state index >= 15 is 0 Å². The Balaban J connectivity index is 1.72. The number of rotatable bonds is 5. The number of carbonyl (C=O) groups is 2. The van der Waals surface area contributed by atoms with Gasteiger partial charge in [0, 0.05) is 16.1 Å². The zero-order chi connectivity index (χ0) is 19.7. The monoisotopic (exact) mass is 392 g/mol. The molecule has 1 N–H and O–H groups in total. The number of anilines is 1. The number of imide groups is 1. The van der Waals surface area contributed by atoms with Gasteiger partial charge in [-0.15, -0.1) is 11.3 Å². The number of amides is 2. The molecule has 0 radical (unpaired) electrons. The third kappa shape index (κ3) is 3.34. The van der Waals surface area contributed by atoms with Crippen LogP contribution in [-0.2, 0) is 16.1 Å². The van der Waals surface area contributed by atoms with Crippen LogP contribution in [0.15, 0.2) is 71.7 Å². The lowest BCUT2D eigenvalue weighted by molar-refractivity contribution is -0.137. The molecule has 4 rings (SSSR count). The van der Waals surface area contributed by atoms with E-state index in [9.17, 15) is 14.0 Å². The first kappa shape index (κ1) is 18.1. The minimum absolute atomic E-state index is 0.113. The van der Waals surface area contributed by atoms with Crippen molar-refractivity contribution in [3.63, 3.8) is 0 Å². The fraction of sp³-hybridized carbons (Fsp3) is 0.0909. The number of thiophene rings is 1. The second-order valence-corrected chi connectivity index (χ2v) is 7.46. The van der Waals surface area contributed by atoms with Gasteiger partial charge in [0.25, 0.3) is 11.8 Å². The summed E-state index contributed by atoms with van der Waals surface area (Å²) in [6, 6.07) is 17.3. The molecule has 3 aromatic rings. The quantitative estimate of drug-likeness (QED) is 0.646. The molecule has 0 atom stereocenters. The molecule has 2 amide bonds. The average molecular weight is 392 g/mol. The van der Waals surface area contributed by atoms with Crippen LogP contribution in [0.5, 0.6) is 0 Å². The first-order valence-corrected chi connectivity index (χ1v) is 9.64. The van der Waals surface area contributed by atoms with E-state index in [1.54, 1.807) is 24.3 Å². The lowest BCUT2D eigenvalue weighted by Gasteiger charge is -2.16. The predicted octanol–water partition coefficient (Wildman–Crippen LogP) is 4.59. The lowest BCUT2D eigenvalue weighted by Crippen LogP contribution is -2.32. The molecule has 0 spiro atoms. The number of nitrogens with one attached hydrogen (secondary N) is 1. The lowest BCUT2D eigenvalue weighted by atomic mass is 10.1. The molecule has 0 fully saturated rings. The molecule has 28 heavy (non-hydrogen) atoms. The van der Waals surface area contributed by atoms with Crippen LogP contribution in [0.3, 0.4) is 0 Å². The second-order valence-electron chi connectivity index (χ2n) is 6.51. The number of nitrogens with zero attached hydrogens (tertiary/aromatic N) is 1. The Labute approximate surface area is 165 Å². The van der Waals surface area contributed by atoms with Crippen LogP contribution in [0.2, 0.25) is 0 Å². The van der Waals surface area contributed by atoms with Gasteiger partial charge in [0.15, 0.2) is 0 Å². The van der Waals surface area contributed by atoms with E-state index in [1.165, 1.54) is 17.4 Å². The highest BCUT2D eigenvalue weighted by Gasteiger charge is 2.39. The number of hydrogen-bond donors (Lipinski definition) is 1. The van der Waals surface area contributed by atoms with Crippen molar-refractivity contribution in [2.75, 3.05) is 5.32 Å². The molecule has 2 aromatic carbocycles. The highest BCUT2D eigenvalue weighted by Crippen LogP contribution is 2.33. The Bertz CT molecular complexity index is 1090. The molecule has 1 aliphatic heterocycles. The van der Waals surface area contributed by atoms with Crippen LogP contribution < -0.4 is 5.32 Å². The van der Waals surface area contributed by atoms with Gasteiger partial charge in [-0.25, -0.2) is 4.39 Å². The van der Waals surface area contributed by atoms with Crippen molar-refractivity contribution in [1.29, 1.82) is 0 Å². The maximum Gasteiger partial charge on any atom is 0.278 e. The normalized spacial score (nSPS) is 14.1. The summed E-state index contributed by atoms with van der Waals surface area (Å²) in [5.41, 5.74) is 2.58. The fourth-order valence-corrected chi connectivity index (χ4v) is 3.92. The largest absolute Gasteiger partial charge is 0.350 e. The Morgan fingerprint density at radius 2 is 1.82 bits per heavy atom. The molecule has 0 bridgehead atoms. The van der Waals surface area contributed by atoms with E-state index in [4.69, 9.17) is 0 Å². The fourth-order valence-electron chi connectivity index (χ4n) is 3.15. The summed E-state index contributed by atoms with van der Waals surface area (Å²) in [6.45, 7) is 1.84. The van der Waals surface area contributed by atoms with Crippen molar-refractivity contribution in [2.45, 2.75) is 13.5 Å². The van der Waals surface area contributed by atoms with Crippen molar-refractivity contribution < 1.29 is 14.0 Å². The van der Waals surface area contributed by atoms with Gasteiger partial charge in [-0.1, -0.05) is 36.4 Å². The SMILES string of the molecule is Cc1cccc(NC2=C(c3cccs3)C(=O)N(Cc3ccccc3F)C2=O)c1. The number of aryl methyl sites for hydroxylation is 1. The summed E-state index contributed by atoms with van der Waals surface area (Å²) in [5.74, 6) is -1.33. The van der Waals surface area contributed by atoms with Crippen LogP contribution in [0.1, 0.15) is 16.0 Å². The minimum Gasteiger partial charge on any atom is -0.350 e. The molecular formula is C22H17FN2O2S. The molecule has 0 saturated carbocycles. The van der Waals surface area contributed by atoms with Crippen LogP contribution >= 0.6 is 11.3 Å². The highest BCUT2D eigenvalue weighted by atomic mass is 32.1. The van der Waals surface area contributed by atoms with Crippen molar-refractivity contribution in [3.05, 3.63) is 93.6 Å². The van der Waals surface area contributed by atoms with Crippen LogP contribution in [0, 0.1) is 12.7 Å². The van der Waals surface area contributed by atoms with Crippen LogP contribution in [0.25, 0.3) is 5.57 Å². The summed E-state index contributed by atoms with van der Waals surface area (Å²) in [5, 5.41) is 4.96. The third-order valence-electron chi connectivity index (χ3n) is 4.51. The molecule has 1 aliphatic rings. The molecule has 4 nitrogen and oxygen atoms in total. The van der Waals surface area contributed by atoms with Gasteiger partial charge >= 0.3 is 0 Å². The second kappa shape index (κ2) is 7.40. The van der Waals surface area contributed by atoms with Gasteiger partial charge in [-0.05, 0) is 42.1 Å². The Hall–Kier alpha value is -3.25. The van der Waals surface area contributed by atoms with E-state index < -0.39 is 17.6 Å². The summed E-state index contributed by atoms with van der Waals surface area (Å²) >= 11 is 1.38. The van der Waals surface area contributed by atoms with Crippen molar-refractivity contribution >= 4 is 34.4 Å². The first-order valence-electron chi connectivity index (χ1n) is 8.76. The number of carbonyl (C=O) groups excluding carboxylic acids is 2. The third-order valence-corrected chi connectivity index (χ3v) is 5.40. The topological polar surface area (TPSA) is 49.4 Å². The summed E-state index contributed by atoms with van der Waals surface area (Å²) < 4.78 is 14.1. The molecule has 2 heterocycles.